The third-order valence-corrected chi connectivity index (χ3v) is 3.53. The summed E-state index contributed by atoms with van der Waals surface area (Å²) in [6.07, 6.45) is 0. The first-order chi connectivity index (χ1) is 11.7. The number of nitrogens with zero attached hydrogens (tertiary/aromatic N) is 2. The third kappa shape index (κ3) is 2.71. The number of methoxy groups -OCH3 is 3. The van der Waals surface area contributed by atoms with Gasteiger partial charge >= 0.3 is 0 Å². The first-order valence-electron chi connectivity index (χ1n) is 7.17. The molecule has 0 amide bonds. The SMILES string of the molecule is COc1ccc(-c2noc(-c3ccc(N)cc3)n2)c(OC)c1OC. The van der Waals surface area contributed by atoms with Gasteiger partial charge in [-0.3, -0.25) is 0 Å². The molecular formula is C17H17N3O4. The van der Waals surface area contributed by atoms with Crippen LogP contribution in [0, 0.1) is 0 Å². The Kier molecular flexibility index (Phi) is 4.24. The Balaban J connectivity index is 2.05. The molecule has 0 spiro atoms. The van der Waals surface area contributed by atoms with Crippen LogP contribution in [0.25, 0.3) is 22.8 Å². The van der Waals surface area contributed by atoms with Crippen molar-refractivity contribution in [3.05, 3.63) is 36.4 Å². The lowest BCUT2D eigenvalue weighted by Gasteiger charge is -2.13. The second kappa shape index (κ2) is 6.49. The van der Waals surface area contributed by atoms with Gasteiger partial charge in [-0.1, -0.05) is 5.16 Å². The number of ether oxygens (including phenoxy) is 3. The molecule has 7 heteroatoms. The summed E-state index contributed by atoms with van der Waals surface area (Å²) in [4.78, 5) is 4.42. The average molecular weight is 327 g/mol. The van der Waals surface area contributed by atoms with Crippen molar-refractivity contribution in [2.45, 2.75) is 0 Å². The summed E-state index contributed by atoms with van der Waals surface area (Å²) in [5.41, 5.74) is 7.78. The van der Waals surface area contributed by atoms with E-state index in [-0.39, 0.29) is 0 Å². The van der Waals surface area contributed by atoms with Gasteiger partial charge in [-0.15, -0.1) is 0 Å². The van der Waals surface area contributed by atoms with Crippen molar-refractivity contribution >= 4 is 5.69 Å². The van der Waals surface area contributed by atoms with Gasteiger partial charge in [0.2, 0.25) is 11.6 Å². The number of nitrogen functional groups attached to an aromatic ring is 1. The summed E-state index contributed by atoms with van der Waals surface area (Å²) in [5, 5.41) is 4.03. The van der Waals surface area contributed by atoms with E-state index in [1.807, 2.05) is 12.1 Å². The van der Waals surface area contributed by atoms with Crippen LogP contribution in [-0.2, 0) is 0 Å². The Morgan fingerprint density at radius 1 is 0.875 bits per heavy atom. The zero-order chi connectivity index (χ0) is 17.1. The lowest BCUT2D eigenvalue weighted by Crippen LogP contribution is -1.97. The number of benzene rings is 2. The molecule has 1 heterocycles. The fourth-order valence-corrected chi connectivity index (χ4v) is 2.35. The van der Waals surface area contributed by atoms with Crippen LogP contribution in [-0.4, -0.2) is 31.5 Å². The summed E-state index contributed by atoms with van der Waals surface area (Å²) in [7, 11) is 4.65. The van der Waals surface area contributed by atoms with Crippen molar-refractivity contribution in [3.8, 4) is 40.1 Å². The van der Waals surface area contributed by atoms with Gasteiger partial charge < -0.3 is 24.5 Å². The van der Waals surface area contributed by atoms with Crippen LogP contribution in [0.3, 0.4) is 0 Å². The highest BCUT2D eigenvalue weighted by molar-refractivity contribution is 5.73. The normalized spacial score (nSPS) is 10.5. The van der Waals surface area contributed by atoms with Crippen molar-refractivity contribution in [2.75, 3.05) is 27.1 Å². The third-order valence-electron chi connectivity index (χ3n) is 3.53. The zero-order valence-electron chi connectivity index (χ0n) is 13.6. The van der Waals surface area contributed by atoms with Gasteiger partial charge in [-0.05, 0) is 36.4 Å². The number of aromatic nitrogens is 2. The Morgan fingerprint density at radius 3 is 2.21 bits per heavy atom. The Bertz CT molecular complexity index is 844. The van der Waals surface area contributed by atoms with Crippen LogP contribution in [0.4, 0.5) is 5.69 Å². The van der Waals surface area contributed by atoms with E-state index in [1.54, 1.807) is 45.6 Å². The molecule has 0 atom stereocenters. The molecule has 0 fully saturated rings. The molecule has 0 aliphatic rings. The van der Waals surface area contributed by atoms with Crippen molar-refractivity contribution < 1.29 is 18.7 Å². The van der Waals surface area contributed by atoms with E-state index in [9.17, 15) is 0 Å². The fourth-order valence-electron chi connectivity index (χ4n) is 2.35. The van der Waals surface area contributed by atoms with E-state index < -0.39 is 0 Å². The fraction of sp³-hybridized carbons (Fsp3) is 0.176. The van der Waals surface area contributed by atoms with E-state index in [4.69, 9.17) is 24.5 Å². The summed E-state index contributed by atoms with van der Waals surface area (Å²) < 4.78 is 21.4. The Morgan fingerprint density at radius 2 is 1.58 bits per heavy atom. The maximum absolute atomic E-state index is 5.69. The van der Waals surface area contributed by atoms with Crippen LogP contribution in [0.2, 0.25) is 0 Å². The number of hydrogen-bond acceptors (Lipinski definition) is 7. The van der Waals surface area contributed by atoms with Crippen molar-refractivity contribution in [3.63, 3.8) is 0 Å². The van der Waals surface area contributed by atoms with Crippen LogP contribution < -0.4 is 19.9 Å². The predicted octanol–water partition coefficient (Wildman–Crippen LogP) is 3.01. The first kappa shape index (κ1) is 15.7. The minimum Gasteiger partial charge on any atom is -0.493 e. The van der Waals surface area contributed by atoms with Gasteiger partial charge in [0.25, 0.3) is 5.89 Å². The number of nitrogens with two attached hydrogens (primary N) is 1. The van der Waals surface area contributed by atoms with E-state index >= 15 is 0 Å². The van der Waals surface area contributed by atoms with Gasteiger partial charge in [0.05, 0.1) is 26.9 Å². The molecule has 24 heavy (non-hydrogen) atoms. The quantitative estimate of drug-likeness (QED) is 0.720. The number of hydrogen-bond donors (Lipinski definition) is 1. The molecular weight excluding hydrogens is 310 g/mol. The number of rotatable bonds is 5. The maximum Gasteiger partial charge on any atom is 0.258 e. The highest BCUT2D eigenvalue weighted by Gasteiger charge is 2.21. The Labute approximate surface area is 139 Å². The number of anilines is 1. The van der Waals surface area contributed by atoms with Crippen LogP contribution in [0.1, 0.15) is 0 Å². The molecule has 7 nitrogen and oxygen atoms in total. The molecule has 0 radical (unpaired) electrons. The molecule has 2 aromatic carbocycles. The largest absolute Gasteiger partial charge is 0.493 e. The van der Waals surface area contributed by atoms with Gasteiger partial charge in [0.15, 0.2) is 11.5 Å². The molecule has 3 aromatic rings. The molecule has 3 rings (SSSR count). The lowest BCUT2D eigenvalue weighted by atomic mass is 10.1. The van der Waals surface area contributed by atoms with Crippen LogP contribution in [0.15, 0.2) is 40.9 Å². The molecule has 0 bridgehead atoms. The minimum absolute atomic E-state index is 0.389. The second-order valence-corrected chi connectivity index (χ2v) is 4.93. The predicted molar refractivity (Wildman–Crippen MR) is 89.2 cm³/mol. The van der Waals surface area contributed by atoms with Gasteiger partial charge in [-0.2, -0.15) is 4.98 Å². The van der Waals surface area contributed by atoms with Crippen LogP contribution >= 0.6 is 0 Å². The zero-order valence-corrected chi connectivity index (χ0v) is 13.6. The molecule has 2 N–H and O–H groups in total. The lowest BCUT2D eigenvalue weighted by molar-refractivity contribution is 0.325. The summed E-state index contributed by atoms with van der Waals surface area (Å²) in [6, 6.07) is 10.7. The molecule has 0 saturated heterocycles. The molecule has 0 aliphatic heterocycles. The van der Waals surface area contributed by atoms with E-state index in [0.29, 0.717) is 40.2 Å². The van der Waals surface area contributed by atoms with Crippen LogP contribution in [0.5, 0.6) is 17.2 Å². The highest BCUT2D eigenvalue weighted by atomic mass is 16.5. The van der Waals surface area contributed by atoms with E-state index in [1.165, 1.54) is 0 Å². The van der Waals surface area contributed by atoms with E-state index in [2.05, 4.69) is 10.1 Å². The molecule has 124 valence electrons. The van der Waals surface area contributed by atoms with Gasteiger partial charge in [0.1, 0.15) is 0 Å². The second-order valence-electron chi connectivity index (χ2n) is 4.93. The summed E-state index contributed by atoms with van der Waals surface area (Å²) in [5.74, 6) is 2.28. The summed E-state index contributed by atoms with van der Waals surface area (Å²) in [6.45, 7) is 0. The molecule has 0 unspecified atom stereocenters. The smallest absolute Gasteiger partial charge is 0.258 e. The van der Waals surface area contributed by atoms with Gasteiger partial charge in [0, 0.05) is 11.3 Å². The first-order valence-corrected chi connectivity index (χ1v) is 7.17. The average Bonchev–Trinajstić information content (AvgIpc) is 3.10. The van der Waals surface area contributed by atoms with E-state index in [0.717, 1.165) is 5.56 Å². The Hall–Kier alpha value is -3.22. The molecule has 0 saturated carbocycles. The standard InChI is InChI=1S/C17H17N3O4/c1-21-13-9-8-12(14(22-2)15(13)23-3)16-19-17(24-20-16)10-4-6-11(18)7-5-10/h4-9H,18H2,1-3H3. The van der Waals surface area contributed by atoms with Gasteiger partial charge in [-0.25, -0.2) is 0 Å². The topological polar surface area (TPSA) is 92.6 Å². The molecule has 1 aromatic heterocycles. The minimum atomic E-state index is 0.389. The maximum atomic E-state index is 5.69. The summed E-state index contributed by atoms with van der Waals surface area (Å²) >= 11 is 0. The van der Waals surface area contributed by atoms with Crippen molar-refractivity contribution in [1.82, 2.24) is 10.1 Å². The monoisotopic (exact) mass is 327 g/mol. The van der Waals surface area contributed by atoms with Crippen molar-refractivity contribution in [2.24, 2.45) is 0 Å². The highest BCUT2D eigenvalue weighted by Crippen LogP contribution is 2.43. The molecule has 0 aliphatic carbocycles. The van der Waals surface area contributed by atoms with Crippen molar-refractivity contribution in [1.29, 1.82) is 0 Å².